The molecule has 16 heavy (non-hydrogen) atoms. The molecule has 0 saturated carbocycles. The highest BCUT2D eigenvalue weighted by Crippen LogP contribution is 2.23. The SMILES string of the molecule is N#Cc1ccc(N2CCC(CON)C2)cc1. The fraction of sp³-hybridized carbons (Fsp3) is 0.417. The molecule has 1 aromatic rings. The first kappa shape index (κ1) is 10.9. The van der Waals surface area contributed by atoms with E-state index in [1.807, 2.05) is 24.3 Å². The van der Waals surface area contributed by atoms with Crippen LogP contribution in [-0.4, -0.2) is 19.7 Å². The van der Waals surface area contributed by atoms with E-state index < -0.39 is 0 Å². The molecule has 0 amide bonds. The van der Waals surface area contributed by atoms with Gasteiger partial charge >= 0.3 is 0 Å². The Balaban J connectivity index is 2.00. The number of anilines is 1. The molecule has 84 valence electrons. The van der Waals surface area contributed by atoms with E-state index in [1.54, 1.807) is 0 Å². The summed E-state index contributed by atoms with van der Waals surface area (Å²) in [6, 6.07) is 9.80. The predicted octanol–water partition coefficient (Wildman–Crippen LogP) is 1.27. The molecule has 1 heterocycles. The van der Waals surface area contributed by atoms with Crippen molar-refractivity contribution in [2.24, 2.45) is 11.8 Å². The quantitative estimate of drug-likeness (QED) is 0.774. The minimum atomic E-state index is 0.514. The molecule has 4 nitrogen and oxygen atoms in total. The summed E-state index contributed by atoms with van der Waals surface area (Å²) in [5, 5.41) is 8.71. The lowest BCUT2D eigenvalue weighted by molar-refractivity contribution is 0.108. The van der Waals surface area contributed by atoms with Crippen LogP contribution in [0, 0.1) is 17.2 Å². The topological polar surface area (TPSA) is 62.3 Å². The Morgan fingerprint density at radius 3 is 2.81 bits per heavy atom. The van der Waals surface area contributed by atoms with Crippen molar-refractivity contribution in [3.8, 4) is 6.07 Å². The van der Waals surface area contributed by atoms with Gasteiger partial charge in [-0.3, -0.25) is 0 Å². The van der Waals surface area contributed by atoms with Gasteiger partial charge in [-0.1, -0.05) is 0 Å². The second kappa shape index (κ2) is 4.97. The molecule has 1 aliphatic heterocycles. The average Bonchev–Trinajstić information content (AvgIpc) is 2.78. The Kier molecular flexibility index (Phi) is 3.40. The number of hydrogen-bond acceptors (Lipinski definition) is 4. The van der Waals surface area contributed by atoms with Crippen LogP contribution in [0.5, 0.6) is 0 Å². The van der Waals surface area contributed by atoms with E-state index in [0.29, 0.717) is 18.1 Å². The van der Waals surface area contributed by atoms with E-state index in [-0.39, 0.29) is 0 Å². The van der Waals surface area contributed by atoms with Crippen molar-refractivity contribution in [2.75, 3.05) is 24.6 Å². The van der Waals surface area contributed by atoms with Gasteiger partial charge in [0.25, 0.3) is 0 Å². The van der Waals surface area contributed by atoms with Crippen molar-refractivity contribution in [3.63, 3.8) is 0 Å². The highest BCUT2D eigenvalue weighted by Gasteiger charge is 2.22. The maximum atomic E-state index is 8.71. The number of nitriles is 1. The van der Waals surface area contributed by atoms with Gasteiger partial charge in [0, 0.05) is 24.7 Å². The molecule has 0 radical (unpaired) electrons. The molecule has 0 bridgehead atoms. The monoisotopic (exact) mass is 217 g/mol. The number of benzene rings is 1. The maximum Gasteiger partial charge on any atom is 0.0991 e. The first-order valence-corrected chi connectivity index (χ1v) is 5.40. The molecule has 2 N–H and O–H groups in total. The van der Waals surface area contributed by atoms with Crippen LogP contribution in [0.25, 0.3) is 0 Å². The molecule has 1 fully saturated rings. The summed E-state index contributed by atoms with van der Waals surface area (Å²) in [6.07, 6.45) is 1.11. The van der Waals surface area contributed by atoms with Crippen LogP contribution < -0.4 is 10.8 Å². The summed E-state index contributed by atoms with van der Waals surface area (Å²) in [6.45, 7) is 2.62. The second-order valence-corrected chi connectivity index (χ2v) is 4.09. The Morgan fingerprint density at radius 1 is 1.44 bits per heavy atom. The first-order valence-electron chi connectivity index (χ1n) is 5.40. The van der Waals surface area contributed by atoms with Crippen molar-refractivity contribution < 1.29 is 4.84 Å². The van der Waals surface area contributed by atoms with E-state index in [4.69, 9.17) is 11.2 Å². The van der Waals surface area contributed by atoms with Crippen LogP contribution in [0.3, 0.4) is 0 Å². The van der Waals surface area contributed by atoms with Gasteiger partial charge in [0.2, 0.25) is 0 Å². The van der Waals surface area contributed by atoms with Gasteiger partial charge in [-0.2, -0.15) is 5.26 Å². The van der Waals surface area contributed by atoms with Crippen LogP contribution in [0.1, 0.15) is 12.0 Å². The molecular weight excluding hydrogens is 202 g/mol. The number of nitrogens with zero attached hydrogens (tertiary/aromatic N) is 2. The fourth-order valence-corrected chi connectivity index (χ4v) is 2.09. The Hall–Kier alpha value is -1.57. The Labute approximate surface area is 95.2 Å². The minimum Gasteiger partial charge on any atom is -0.371 e. The van der Waals surface area contributed by atoms with Crippen LogP contribution in [-0.2, 0) is 4.84 Å². The fourth-order valence-electron chi connectivity index (χ4n) is 2.09. The third-order valence-corrected chi connectivity index (χ3v) is 2.98. The van der Waals surface area contributed by atoms with Gasteiger partial charge in [-0.05, 0) is 30.7 Å². The normalized spacial score (nSPS) is 19.8. The number of rotatable bonds is 3. The van der Waals surface area contributed by atoms with Crippen molar-refractivity contribution in [1.29, 1.82) is 5.26 Å². The Morgan fingerprint density at radius 2 is 2.19 bits per heavy atom. The molecule has 0 spiro atoms. The summed E-state index contributed by atoms with van der Waals surface area (Å²) in [7, 11) is 0. The van der Waals surface area contributed by atoms with E-state index in [1.165, 1.54) is 5.69 Å². The highest BCUT2D eigenvalue weighted by molar-refractivity contribution is 5.50. The van der Waals surface area contributed by atoms with Gasteiger partial charge in [-0.15, -0.1) is 0 Å². The summed E-state index contributed by atoms with van der Waals surface area (Å²) < 4.78 is 0. The van der Waals surface area contributed by atoms with Crippen molar-refractivity contribution >= 4 is 5.69 Å². The Bertz CT molecular complexity index is 382. The smallest absolute Gasteiger partial charge is 0.0991 e. The van der Waals surface area contributed by atoms with E-state index in [0.717, 1.165) is 19.5 Å². The lowest BCUT2D eigenvalue weighted by atomic mass is 10.1. The standard InChI is InChI=1S/C12H15N3O/c13-7-10-1-3-12(4-2-10)15-6-5-11(8-15)9-16-14/h1-4,11H,5-6,8-9,14H2. The van der Waals surface area contributed by atoms with Crippen LogP contribution in [0.4, 0.5) is 5.69 Å². The zero-order valence-corrected chi connectivity index (χ0v) is 9.10. The summed E-state index contributed by atoms with van der Waals surface area (Å²) in [4.78, 5) is 6.97. The molecule has 0 aliphatic carbocycles. The van der Waals surface area contributed by atoms with Crippen molar-refractivity contribution in [3.05, 3.63) is 29.8 Å². The van der Waals surface area contributed by atoms with E-state index in [2.05, 4.69) is 15.8 Å². The van der Waals surface area contributed by atoms with Crippen LogP contribution in [0.2, 0.25) is 0 Å². The molecule has 2 rings (SSSR count). The largest absolute Gasteiger partial charge is 0.371 e. The first-order chi connectivity index (χ1) is 7.83. The van der Waals surface area contributed by atoms with Crippen LogP contribution in [0.15, 0.2) is 24.3 Å². The number of hydrogen-bond donors (Lipinski definition) is 1. The average molecular weight is 217 g/mol. The molecule has 1 saturated heterocycles. The molecule has 1 atom stereocenters. The third-order valence-electron chi connectivity index (χ3n) is 2.98. The summed E-state index contributed by atoms with van der Waals surface area (Å²) in [5.74, 6) is 5.59. The molecule has 0 aromatic heterocycles. The molecule has 4 heteroatoms. The highest BCUT2D eigenvalue weighted by atomic mass is 16.6. The van der Waals surface area contributed by atoms with Crippen molar-refractivity contribution in [2.45, 2.75) is 6.42 Å². The maximum absolute atomic E-state index is 8.71. The van der Waals surface area contributed by atoms with E-state index >= 15 is 0 Å². The lowest BCUT2D eigenvalue weighted by Gasteiger charge is -2.18. The third kappa shape index (κ3) is 2.32. The molecule has 1 unspecified atom stereocenters. The second-order valence-electron chi connectivity index (χ2n) is 4.09. The zero-order valence-electron chi connectivity index (χ0n) is 9.10. The van der Waals surface area contributed by atoms with Gasteiger partial charge < -0.3 is 9.74 Å². The minimum absolute atomic E-state index is 0.514. The van der Waals surface area contributed by atoms with Gasteiger partial charge in [0.15, 0.2) is 0 Å². The summed E-state index contributed by atoms with van der Waals surface area (Å²) >= 11 is 0. The van der Waals surface area contributed by atoms with Gasteiger partial charge in [-0.25, -0.2) is 5.90 Å². The molecule has 1 aromatic carbocycles. The van der Waals surface area contributed by atoms with E-state index in [9.17, 15) is 0 Å². The van der Waals surface area contributed by atoms with Gasteiger partial charge in [0.05, 0.1) is 18.2 Å². The van der Waals surface area contributed by atoms with Crippen molar-refractivity contribution in [1.82, 2.24) is 0 Å². The lowest BCUT2D eigenvalue weighted by Crippen LogP contribution is -2.21. The molecule has 1 aliphatic rings. The predicted molar refractivity (Wildman–Crippen MR) is 61.6 cm³/mol. The molecular formula is C12H15N3O. The van der Waals surface area contributed by atoms with Gasteiger partial charge in [0.1, 0.15) is 0 Å². The van der Waals surface area contributed by atoms with Crippen LogP contribution >= 0.6 is 0 Å². The summed E-state index contributed by atoms with van der Waals surface area (Å²) in [5.41, 5.74) is 1.86. The number of nitrogens with two attached hydrogens (primary N) is 1. The zero-order chi connectivity index (χ0) is 11.4.